The third-order valence-electron chi connectivity index (χ3n) is 11.8. The van der Waals surface area contributed by atoms with Gasteiger partial charge in [0.15, 0.2) is 0 Å². The normalized spacial score (nSPS) is 13.3. The lowest BCUT2D eigenvalue weighted by molar-refractivity contribution is 0.645. The van der Waals surface area contributed by atoms with E-state index < -0.39 is 0 Å². The smallest absolute Gasteiger partial charge is 0.0541 e. The average Bonchev–Trinajstić information content (AvgIpc) is 3.53. The number of hydrogen-bond donors (Lipinski definition) is 0. The number of benzene rings is 9. The highest BCUT2D eigenvalue weighted by Gasteiger charge is 2.33. The van der Waals surface area contributed by atoms with E-state index in [4.69, 9.17) is 0 Å². The van der Waals surface area contributed by atoms with Crippen LogP contribution in [-0.2, 0) is 5.41 Å². The first-order valence-electron chi connectivity index (χ1n) is 18.3. The maximum absolute atomic E-state index is 2.39. The van der Waals surface area contributed by atoms with E-state index in [9.17, 15) is 0 Å². The van der Waals surface area contributed by atoms with E-state index in [0.29, 0.717) is 0 Å². The number of nitrogens with zero attached hydrogens (tertiary/aromatic N) is 1. The Kier molecular flexibility index (Phi) is 6.08. The Morgan fingerprint density at radius 2 is 0.827 bits per heavy atom. The quantitative estimate of drug-likeness (QED) is 0.166. The van der Waals surface area contributed by atoms with E-state index in [2.05, 4.69) is 194 Å². The lowest BCUT2D eigenvalue weighted by Crippen LogP contribution is -2.23. The molecule has 9 aromatic carbocycles. The van der Waals surface area contributed by atoms with Crippen LogP contribution < -0.4 is 0 Å². The zero-order valence-corrected chi connectivity index (χ0v) is 29.2. The first-order valence-corrected chi connectivity index (χ1v) is 18.3. The van der Waals surface area contributed by atoms with E-state index >= 15 is 0 Å². The second-order valence-electron chi connectivity index (χ2n) is 14.8. The first-order chi connectivity index (χ1) is 25.6. The van der Waals surface area contributed by atoms with Crippen LogP contribution in [0.2, 0.25) is 0 Å². The van der Waals surface area contributed by atoms with Crippen molar-refractivity contribution in [1.82, 2.24) is 4.57 Å². The van der Waals surface area contributed by atoms with E-state index in [1.807, 2.05) is 0 Å². The van der Waals surface area contributed by atoms with Crippen LogP contribution in [0, 0.1) is 0 Å². The highest BCUT2D eigenvalue weighted by molar-refractivity contribution is 6.24. The van der Waals surface area contributed by atoms with Gasteiger partial charge in [0.05, 0.1) is 11.0 Å². The number of para-hydroxylation sites is 2. The number of fused-ring (bicyclic) bond motifs is 7. The predicted octanol–water partition coefficient (Wildman–Crippen LogP) is 13.9. The largest absolute Gasteiger partial charge is 0.309 e. The predicted molar refractivity (Wildman–Crippen MR) is 222 cm³/mol. The molecule has 0 unspecified atom stereocenters. The molecule has 10 aromatic rings. The second kappa shape index (κ2) is 10.8. The minimum absolute atomic E-state index is 0.0961. The third kappa shape index (κ3) is 3.94. The molecular weight excluding hydrogens is 627 g/mol. The topological polar surface area (TPSA) is 4.93 Å². The summed E-state index contributed by atoms with van der Waals surface area (Å²) in [6.07, 6.45) is 0. The molecule has 0 aliphatic heterocycles. The molecule has 0 radical (unpaired) electrons. The molecule has 0 fully saturated rings. The minimum Gasteiger partial charge on any atom is -0.309 e. The van der Waals surface area contributed by atoms with Crippen molar-refractivity contribution in [1.29, 1.82) is 0 Å². The number of hydrogen-bond acceptors (Lipinski definition) is 0. The van der Waals surface area contributed by atoms with Gasteiger partial charge in [0.25, 0.3) is 0 Å². The molecule has 1 aromatic heterocycles. The molecular formula is C51H35N. The fourth-order valence-corrected chi connectivity index (χ4v) is 9.49. The molecule has 1 heteroatoms. The molecule has 0 saturated heterocycles. The molecule has 0 spiro atoms. The van der Waals surface area contributed by atoms with Crippen molar-refractivity contribution in [3.05, 3.63) is 187 Å². The molecule has 0 bridgehead atoms. The Bertz CT molecular complexity index is 2970. The Morgan fingerprint density at radius 1 is 0.346 bits per heavy atom. The summed E-state index contributed by atoms with van der Waals surface area (Å²) >= 11 is 0. The van der Waals surface area contributed by atoms with E-state index in [1.54, 1.807) is 0 Å². The van der Waals surface area contributed by atoms with E-state index in [1.165, 1.54) is 104 Å². The zero-order chi connectivity index (χ0) is 34.6. The summed E-state index contributed by atoms with van der Waals surface area (Å²) in [6, 6.07) is 65.3. The van der Waals surface area contributed by atoms with Gasteiger partial charge in [0.1, 0.15) is 0 Å². The van der Waals surface area contributed by atoms with Crippen LogP contribution in [0.15, 0.2) is 176 Å². The summed E-state index contributed by atoms with van der Waals surface area (Å²) in [7, 11) is 0. The number of rotatable bonds is 3. The van der Waals surface area contributed by atoms with E-state index in [-0.39, 0.29) is 5.41 Å². The maximum atomic E-state index is 2.39. The van der Waals surface area contributed by atoms with Gasteiger partial charge in [-0.05, 0) is 101 Å². The van der Waals surface area contributed by atoms with Gasteiger partial charge in [-0.15, -0.1) is 0 Å². The van der Waals surface area contributed by atoms with Gasteiger partial charge in [-0.2, -0.15) is 0 Å². The molecule has 0 N–H and O–H groups in total. The zero-order valence-electron chi connectivity index (χ0n) is 29.2. The van der Waals surface area contributed by atoms with Crippen molar-refractivity contribution < 1.29 is 0 Å². The van der Waals surface area contributed by atoms with Crippen LogP contribution in [0.3, 0.4) is 0 Å². The minimum atomic E-state index is -0.0961. The van der Waals surface area contributed by atoms with E-state index in [0.717, 1.165) is 0 Å². The van der Waals surface area contributed by atoms with Gasteiger partial charge in [-0.25, -0.2) is 0 Å². The summed E-state index contributed by atoms with van der Waals surface area (Å²) in [5.74, 6) is 0. The fourth-order valence-electron chi connectivity index (χ4n) is 9.49. The van der Waals surface area contributed by atoms with Gasteiger partial charge < -0.3 is 4.57 Å². The van der Waals surface area contributed by atoms with Crippen molar-refractivity contribution >= 4 is 54.1 Å². The molecule has 1 nitrogen and oxygen atoms in total. The van der Waals surface area contributed by atoms with Gasteiger partial charge in [0, 0.05) is 21.9 Å². The van der Waals surface area contributed by atoms with Crippen molar-refractivity contribution in [2.45, 2.75) is 19.3 Å². The number of aromatic nitrogens is 1. The molecule has 0 saturated carbocycles. The molecule has 11 rings (SSSR count). The van der Waals surface area contributed by atoms with Gasteiger partial charge in [0.2, 0.25) is 0 Å². The summed E-state index contributed by atoms with van der Waals surface area (Å²) in [5, 5.41) is 10.3. The summed E-state index contributed by atoms with van der Waals surface area (Å²) < 4.78 is 2.39. The molecule has 0 atom stereocenters. The van der Waals surface area contributed by atoms with Crippen LogP contribution in [-0.4, -0.2) is 4.57 Å². The molecule has 1 heterocycles. The Hall–Kier alpha value is -6.44. The molecule has 244 valence electrons. The third-order valence-corrected chi connectivity index (χ3v) is 11.8. The van der Waals surface area contributed by atoms with Crippen LogP contribution >= 0.6 is 0 Å². The average molecular weight is 662 g/mol. The second-order valence-corrected chi connectivity index (χ2v) is 14.8. The van der Waals surface area contributed by atoms with Gasteiger partial charge in [-0.3, -0.25) is 0 Å². The highest BCUT2D eigenvalue weighted by Crippen LogP contribution is 2.52. The monoisotopic (exact) mass is 661 g/mol. The Morgan fingerprint density at radius 3 is 1.46 bits per heavy atom. The molecule has 52 heavy (non-hydrogen) atoms. The van der Waals surface area contributed by atoms with Crippen LogP contribution in [0.1, 0.15) is 25.0 Å². The van der Waals surface area contributed by atoms with Gasteiger partial charge >= 0.3 is 0 Å². The van der Waals surface area contributed by atoms with Crippen LogP contribution in [0.5, 0.6) is 0 Å². The SMILES string of the molecule is CC1(C)c2ccccc2-c2ccc(-c3c4ccccc4c(-c4ccc(-n5c6ccccc6c6ccccc65)cc4)c4ccccc34)c3cccc1c23. The lowest BCUT2D eigenvalue weighted by Gasteiger charge is -2.35. The van der Waals surface area contributed by atoms with Crippen LogP contribution in [0.4, 0.5) is 0 Å². The van der Waals surface area contributed by atoms with Crippen molar-refractivity contribution in [3.8, 4) is 39.1 Å². The Labute approximate surface area is 303 Å². The summed E-state index contributed by atoms with van der Waals surface area (Å²) in [6.45, 7) is 4.75. The Balaban J connectivity index is 1.16. The molecule has 1 aliphatic carbocycles. The standard InChI is InChI=1S/C51H35N/c1-51(2)44-22-10-7-14-34(44)42-30-31-43(41-21-13-23-45(51)50(41)42)49-39-19-5-3-17-37(39)48(38-18-4-6-20-40(38)49)32-26-28-33(29-27-32)52-46-24-11-8-15-35(46)36-16-9-12-25-47(36)52/h3-31H,1-2H3. The molecule has 1 aliphatic rings. The van der Waals surface area contributed by atoms with Crippen molar-refractivity contribution in [2.75, 3.05) is 0 Å². The first kappa shape index (κ1) is 29.3. The lowest BCUT2D eigenvalue weighted by atomic mass is 9.68. The molecule has 0 amide bonds. The van der Waals surface area contributed by atoms with Crippen molar-refractivity contribution in [2.24, 2.45) is 0 Å². The fraction of sp³-hybridized carbons (Fsp3) is 0.0588. The highest BCUT2D eigenvalue weighted by atomic mass is 15.0. The van der Waals surface area contributed by atoms with Gasteiger partial charge in [-0.1, -0.05) is 166 Å². The van der Waals surface area contributed by atoms with Crippen LogP contribution in [0.25, 0.3) is 93.2 Å². The summed E-state index contributed by atoms with van der Waals surface area (Å²) in [5.41, 5.74) is 14.1. The summed E-state index contributed by atoms with van der Waals surface area (Å²) in [4.78, 5) is 0. The van der Waals surface area contributed by atoms with Crippen molar-refractivity contribution in [3.63, 3.8) is 0 Å². The maximum Gasteiger partial charge on any atom is 0.0541 e.